The summed E-state index contributed by atoms with van der Waals surface area (Å²) in [5, 5.41) is 2.26. The molecule has 2 aliphatic rings. The number of aliphatic imine (C=N–C) groups is 1. The highest BCUT2D eigenvalue weighted by atomic mass is 35.5. The first-order valence-electron chi connectivity index (χ1n) is 11.9. The van der Waals surface area contributed by atoms with Crippen LogP contribution in [0.3, 0.4) is 0 Å². The number of aromatic nitrogens is 1. The number of benzene rings is 1. The fourth-order valence-electron chi connectivity index (χ4n) is 4.86. The van der Waals surface area contributed by atoms with Crippen molar-refractivity contribution in [1.82, 2.24) is 4.98 Å². The summed E-state index contributed by atoms with van der Waals surface area (Å²) in [5.41, 5.74) is 1.46. The number of esters is 1. The Labute approximate surface area is 224 Å². The average molecular weight is 551 g/mol. The van der Waals surface area contributed by atoms with Crippen molar-refractivity contribution < 1.29 is 19.1 Å². The number of amides is 1. The summed E-state index contributed by atoms with van der Waals surface area (Å²) >= 11 is 18.5. The van der Waals surface area contributed by atoms with Crippen LogP contribution in [0.15, 0.2) is 41.7 Å². The van der Waals surface area contributed by atoms with Gasteiger partial charge in [0.1, 0.15) is 5.38 Å². The second-order valence-corrected chi connectivity index (χ2v) is 10.2. The third-order valence-corrected chi connectivity index (χ3v) is 7.69. The lowest BCUT2D eigenvalue weighted by Crippen LogP contribution is -2.61. The number of nitrogens with zero attached hydrogens (tertiary/aromatic N) is 2. The van der Waals surface area contributed by atoms with E-state index in [2.05, 4.69) is 10.3 Å². The normalized spacial score (nSPS) is 20.6. The first-order valence-corrected chi connectivity index (χ1v) is 13.1. The molecule has 1 N–H and O–H groups in total. The third kappa shape index (κ3) is 5.29. The van der Waals surface area contributed by atoms with Gasteiger partial charge in [0.25, 0.3) is 5.91 Å². The lowest BCUT2D eigenvalue weighted by molar-refractivity contribution is -0.144. The molecule has 1 aromatic heterocycles. The average Bonchev–Trinajstić information content (AvgIpc) is 2.87. The Morgan fingerprint density at radius 2 is 1.78 bits per heavy atom. The number of ketones is 1. The van der Waals surface area contributed by atoms with Gasteiger partial charge in [-0.25, -0.2) is 4.79 Å². The SMILES string of the molecule is CCOC(=O)[C@H](Cc1ccc(NC(=O)c2c(Cl)cncc2Cl)cc1)N=C1C(Cl)C(=O)C12CCCCC2. The molecule has 190 valence electrons. The molecule has 1 spiro atoms. The van der Waals surface area contributed by atoms with E-state index in [1.807, 2.05) is 0 Å². The van der Waals surface area contributed by atoms with Crippen molar-refractivity contribution in [3.63, 3.8) is 0 Å². The smallest absolute Gasteiger partial charge is 0.331 e. The molecule has 7 nitrogen and oxygen atoms in total. The quantitative estimate of drug-likeness (QED) is 0.352. The molecule has 0 bridgehead atoms. The fraction of sp³-hybridized carbons (Fsp3) is 0.423. The molecule has 1 heterocycles. The number of carbonyl (C=O) groups is 3. The van der Waals surface area contributed by atoms with Crippen molar-refractivity contribution in [3.8, 4) is 0 Å². The standard InChI is InChI=1S/C26H26Cl3N3O4/c1-2-36-25(35)19(32-22-21(29)23(33)26(22)10-4-3-5-11-26)12-15-6-8-16(9-7-15)31-24(34)20-17(27)13-30-14-18(20)28/h6-9,13-14,19,21H,2-5,10-12H2,1H3,(H,31,34)/t19-,21?/m0/s1. The van der Waals surface area contributed by atoms with E-state index in [4.69, 9.17) is 44.5 Å². The molecule has 1 unspecified atom stereocenters. The van der Waals surface area contributed by atoms with Gasteiger partial charge in [0.15, 0.2) is 11.8 Å². The second-order valence-electron chi connectivity index (χ2n) is 8.99. The number of pyridine rings is 1. The number of halogens is 3. The highest BCUT2D eigenvalue weighted by Gasteiger charge is 2.58. The van der Waals surface area contributed by atoms with Gasteiger partial charge < -0.3 is 10.1 Å². The van der Waals surface area contributed by atoms with Gasteiger partial charge >= 0.3 is 5.97 Å². The second kappa shape index (κ2) is 11.3. The number of rotatable bonds is 7. The summed E-state index contributed by atoms with van der Waals surface area (Å²) in [6.07, 6.45) is 7.39. The Balaban J connectivity index is 1.51. The zero-order chi connectivity index (χ0) is 25.9. The van der Waals surface area contributed by atoms with Crippen LogP contribution < -0.4 is 5.32 Å². The van der Waals surface area contributed by atoms with Crippen molar-refractivity contribution in [1.29, 1.82) is 0 Å². The highest BCUT2D eigenvalue weighted by molar-refractivity contribution is 6.54. The van der Waals surface area contributed by atoms with E-state index in [-0.39, 0.29) is 34.4 Å². The van der Waals surface area contributed by atoms with Gasteiger partial charge in [0.05, 0.1) is 33.3 Å². The molecule has 2 aromatic rings. The van der Waals surface area contributed by atoms with E-state index >= 15 is 0 Å². The van der Waals surface area contributed by atoms with Crippen molar-refractivity contribution in [2.45, 2.75) is 56.9 Å². The molecule has 0 saturated heterocycles. The molecule has 2 fully saturated rings. The Morgan fingerprint density at radius 1 is 1.14 bits per heavy atom. The molecule has 0 aliphatic heterocycles. The van der Waals surface area contributed by atoms with Crippen LogP contribution >= 0.6 is 34.8 Å². The molecule has 2 aliphatic carbocycles. The number of hydrogen-bond acceptors (Lipinski definition) is 6. The zero-order valence-corrected chi connectivity index (χ0v) is 22.0. The van der Waals surface area contributed by atoms with Gasteiger partial charge in [-0.05, 0) is 37.5 Å². The van der Waals surface area contributed by atoms with Gasteiger partial charge in [0.2, 0.25) is 0 Å². The summed E-state index contributed by atoms with van der Waals surface area (Å²) in [6.45, 7) is 1.96. The van der Waals surface area contributed by atoms with Crippen molar-refractivity contribution >= 4 is 63.9 Å². The Bertz CT molecular complexity index is 1170. The van der Waals surface area contributed by atoms with Crippen molar-refractivity contribution in [2.75, 3.05) is 11.9 Å². The van der Waals surface area contributed by atoms with E-state index < -0.39 is 28.7 Å². The van der Waals surface area contributed by atoms with Crippen LogP contribution in [0.5, 0.6) is 0 Å². The van der Waals surface area contributed by atoms with Gasteiger partial charge in [-0.3, -0.25) is 19.6 Å². The fourth-order valence-corrected chi connectivity index (χ4v) is 5.87. The third-order valence-electron chi connectivity index (χ3n) is 6.71. The molecule has 36 heavy (non-hydrogen) atoms. The van der Waals surface area contributed by atoms with Crippen LogP contribution in [0.25, 0.3) is 0 Å². The highest BCUT2D eigenvalue weighted by Crippen LogP contribution is 2.49. The molecule has 4 rings (SSSR count). The lowest BCUT2D eigenvalue weighted by Gasteiger charge is -2.47. The number of Topliss-reactive ketones (excluding diaryl/α,β-unsaturated/α-hetero) is 1. The molecule has 1 aromatic carbocycles. The lowest BCUT2D eigenvalue weighted by atomic mass is 9.58. The molecular weight excluding hydrogens is 525 g/mol. The van der Waals surface area contributed by atoms with Gasteiger partial charge in [-0.1, -0.05) is 54.6 Å². The molecule has 1 amide bonds. The minimum Gasteiger partial charge on any atom is -0.464 e. The summed E-state index contributed by atoms with van der Waals surface area (Å²) in [4.78, 5) is 46.6. The number of nitrogens with one attached hydrogen (secondary N) is 1. The number of anilines is 1. The topological polar surface area (TPSA) is 97.7 Å². The monoisotopic (exact) mass is 549 g/mol. The molecule has 10 heteroatoms. The zero-order valence-electron chi connectivity index (χ0n) is 19.7. The summed E-state index contributed by atoms with van der Waals surface area (Å²) in [6, 6.07) is 6.19. The summed E-state index contributed by atoms with van der Waals surface area (Å²) in [7, 11) is 0. The molecular formula is C26H26Cl3N3O4. The maximum Gasteiger partial charge on any atom is 0.331 e. The summed E-state index contributed by atoms with van der Waals surface area (Å²) < 4.78 is 5.27. The van der Waals surface area contributed by atoms with Crippen molar-refractivity contribution in [2.24, 2.45) is 10.4 Å². The van der Waals surface area contributed by atoms with E-state index in [1.54, 1.807) is 31.2 Å². The first-order chi connectivity index (χ1) is 17.3. The van der Waals surface area contributed by atoms with Gasteiger partial charge in [-0.15, -0.1) is 11.6 Å². The van der Waals surface area contributed by atoms with E-state index in [0.29, 0.717) is 11.4 Å². The van der Waals surface area contributed by atoms with Crippen LogP contribution in [0.1, 0.15) is 54.9 Å². The maximum atomic E-state index is 12.8. The largest absolute Gasteiger partial charge is 0.464 e. The van der Waals surface area contributed by atoms with Crippen LogP contribution in [-0.4, -0.2) is 46.4 Å². The number of hydrogen-bond donors (Lipinski definition) is 1. The molecule has 2 saturated carbocycles. The van der Waals surface area contributed by atoms with Crippen molar-refractivity contribution in [3.05, 3.63) is 57.8 Å². The number of carbonyl (C=O) groups excluding carboxylic acids is 3. The number of alkyl halides is 1. The van der Waals surface area contributed by atoms with E-state index in [0.717, 1.165) is 37.7 Å². The number of ether oxygens (including phenoxy) is 1. The Morgan fingerprint density at radius 3 is 2.39 bits per heavy atom. The van der Waals surface area contributed by atoms with E-state index in [9.17, 15) is 14.4 Å². The predicted molar refractivity (Wildman–Crippen MR) is 140 cm³/mol. The Hall–Kier alpha value is -2.48. The van der Waals surface area contributed by atoms with Crippen LogP contribution in [0, 0.1) is 5.41 Å². The molecule has 2 atom stereocenters. The van der Waals surface area contributed by atoms with Crippen LogP contribution in [0.2, 0.25) is 10.0 Å². The van der Waals surface area contributed by atoms with E-state index in [1.165, 1.54) is 12.4 Å². The minimum atomic E-state index is -0.817. The van der Waals surface area contributed by atoms with Crippen LogP contribution in [-0.2, 0) is 20.7 Å². The minimum absolute atomic E-state index is 0.0136. The van der Waals surface area contributed by atoms with Gasteiger partial charge in [0, 0.05) is 24.5 Å². The van der Waals surface area contributed by atoms with Gasteiger partial charge in [-0.2, -0.15) is 0 Å². The maximum absolute atomic E-state index is 12.8. The summed E-state index contributed by atoms with van der Waals surface area (Å²) in [5.74, 6) is -0.908. The molecule has 0 radical (unpaired) electrons. The first kappa shape index (κ1) is 26.6. The van der Waals surface area contributed by atoms with Crippen LogP contribution in [0.4, 0.5) is 5.69 Å². The predicted octanol–water partition coefficient (Wildman–Crippen LogP) is 5.70. The Kier molecular flexibility index (Phi) is 8.33.